The summed E-state index contributed by atoms with van der Waals surface area (Å²) < 4.78 is 0. The van der Waals surface area contributed by atoms with Crippen molar-refractivity contribution in [2.24, 2.45) is 0 Å². The first-order valence-electron chi connectivity index (χ1n) is 8.33. The van der Waals surface area contributed by atoms with Crippen molar-refractivity contribution in [1.29, 1.82) is 0 Å². The van der Waals surface area contributed by atoms with Gasteiger partial charge < -0.3 is 21.9 Å². The third kappa shape index (κ3) is 9.11. The topological polar surface area (TPSA) is 118 Å². The molecule has 0 aromatic heterocycles. The molecule has 1 aliphatic rings. The number of carbonyl (C=O) groups excluding carboxylic acids is 1. The number of hydrogen-bond donors (Lipinski definition) is 4. The molecule has 1 fully saturated rings. The second kappa shape index (κ2) is 12.7. The Bertz CT molecular complexity index is 827. The van der Waals surface area contributed by atoms with Gasteiger partial charge in [-0.1, -0.05) is 12.1 Å². The fourth-order valence-corrected chi connectivity index (χ4v) is 2.05. The number of aryl methyl sites for hydroxylation is 2. The van der Waals surface area contributed by atoms with E-state index >= 15 is 0 Å². The summed E-state index contributed by atoms with van der Waals surface area (Å²) in [4.78, 5) is 22.0. The molecular formula is C19H23I3N3O3-. The third-order valence-corrected chi connectivity index (χ3v) is 3.98. The van der Waals surface area contributed by atoms with E-state index in [0.717, 1.165) is 24.0 Å². The molecule has 1 amide bonds. The number of nitrogen functional groups attached to an aromatic ring is 2. The molecule has 28 heavy (non-hydrogen) atoms. The maximum atomic E-state index is 11.6. The van der Waals surface area contributed by atoms with Gasteiger partial charge in [0.2, 0.25) is 0 Å². The first-order chi connectivity index (χ1) is 13.2. The van der Waals surface area contributed by atoms with E-state index in [0.29, 0.717) is 36.2 Å². The third-order valence-electron chi connectivity index (χ3n) is 3.98. The van der Waals surface area contributed by atoms with E-state index in [1.807, 2.05) is 26.0 Å². The Labute approximate surface area is 194 Å². The van der Waals surface area contributed by atoms with Crippen molar-refractivity contribution >= 4 is 60.5 Å². The van der Waals surface area contributed by atoms with Crippen molar-refractivity contribution in [3.63, 3.8) is 0 Å². The second-order valence-electron chi connectivity index (χ2n) is 6.25. The summed E-state index contributed by atoms with van der Waals surface area (Å²) in [5.74, 6) is -0.962. The molecule has 1 aliphatic carbocycles. The molecule has 0 atom stereocenters. The molecule has 0 unspecified atom stereocenters. The van der Waals surface area contributed by atoms with Crippen LogP contribution < -0.4 is 30.0 Å². The van der Waals surface area contributed by atoms with Gasteiger partial charge in [-0.05, 0) is 62.1 Å². The van der Waals surface area contributed by atoms with Gasteiger partial charge in [-0.15, -0.1) is 0 Å². The van der Waals surface area contributed by atoms with E-state index in [-0.39, 0.29) is 11.5 Å². The summed E-state index contributed by atoms with van der Waals surface area (Å²) in [5.41, 5.74) is 15.2. The number of carbonyl (C=O) groups is 2. The van der Waals surface area contributed by atoms with Crippen molar-refractivity contribution in [2.75, 3.05) is 11.5 Å². The molecule has 154 valence electrons. The number of nitrogens with two attached hydrogens (primary N) is 2. The second-order valence-corrected chi connectivity index (χ2v) is 22.5. The fraction of sp³-hybridized carbons (Fsp3) is 0.263. The van der Waals surface area contributed by atoms with Crippen LogP contribution >= 0.6 is 37.2 Å². The number of halogens is 3. The van der Waals surface area contributed by atoms with E-state index in [4.69, 9.17) is 16.6 Å². The van der Waals surface area contributed by atoms with E-state index in [2.05, 4.69) is 42.5 Å². The molecule has 6 nitrogen and oxygen atoms in total. The van der Waals surface area contributed by atoms with Gasteiger partial charge in [-0.25, -0.2) is 4.79 Å². The number of hydrogen-bond acceptors (Lipinski definition) is 4. The normalized spacial score (nSPS) is 12.1. The van der Waals surface area contributed by atoms with E-state index in [1.54, 1.807) is 12.1 Å². The van der Waals surface area contributed by atoms with Crippen LogP contribution in [-0.2, 0) is 0 Å². The van der Waals surface area contributed by atoms with Crippen molar-refractivity contribution < 1.29 is 28.0 Å². The van der Waals surface area contributed by atoms with E-state index in [1.165, 1.54) is 12.1 Å². The molecule has 2 aromatic carbocycles. The van der Waals surface area contributed by atoms with E-state index < -0.39 is 5.97 Å². The molecular weight excluding hydrogens is 699 g/mol. The van der Waals surface area contributed by atoms with Crippen LogP contribution in [0.15, 0.2) is 36.4 Å². The monoisotopic (exact) mass is 722 g/mol. The standard InChI is InChI=1S/C11H14N2O.C8H9NO2.I3/c1-7-2-3-8(6-10(7)12)11(14)13-9-4-5-9;1-5-2-3-6(8(10)11)4-7(5)9;1-3-2/h2-3,6,9H,4-5,12H2,1H3,(H,13,14);2-4H,9H2,1H3,(H,10,11);/q;;-1. The number of aromatic carboxylic acids is 1. The quantitative estimate of drug-likeness (QED) is 0.284. The predicted octanol–water partition coefficient (Wildman–Crippen LogP) is 1.52. The summed E-state index contributed by atoms with van der Waals surface area (Å²) in [6, 6.07) is 10.5. The zero-order valence-electron chi connectivity index (χ0n) is 15.5. The first kappa shape index (κ1) is 25.2. The Balaban J connectivity index is 0.000000252. The minimum absolute atomic E-state index is 0.0146. The van der Waals surface area contributed by atoms with Gasteiger partial charge in [-0.3, -0.25) is 4.79 Å². The van der Waals surface area contributed by atoms with Gasteiger partial charge >= 0.3 is 56.5 Å². The maximum absolute atomic E-state index is 11.6. The summed E-state index contributed by atoms with van der Waals surface area (Å²) in [5, 5.41) is 11.5. The van der Waals surface area contributed by atoms with E-state index in [9.17, 15) is 9.59 Å². The van der Waals surface area contributed by atoms with Gasteiger partial charge in [0.15, 0.2) is 0 Å². The molecule has 0 heterocycles. The molecule has 0 aliphatic heterocycles. The van der Waals surface area contributed by atoms with Crippen molar-refractivity contribution in [3.8, 4) is 0 Å². The Morgan fingerprint density at radius 3 is 1.82 bits per heavy atom. The summed E-state index contributed by atoms with van der Waals surface area (Å²) in [6.45, 7) is 3.76. The molecule has 6 N–H and O–H groups in total. The van der Waals surface area contributed by atoms with Gasteiger partial charge in [0.25, 0.3) is 5.91 Å². The summed E-state index contributed by atoms with van der Waals surface area (Å²) in [7, 11) is 0. The SMILES string of the molecule is Cc1ccc(C(=O)NC2CC2)cc1N.Cc1ccc(C(=O)O)cc1N.I[I-]I. The predicted molar refractivity (Wildman–Crippen MR) is 127 cm³/mol. The summed E-state index contributed by atoms with van der Waals surface area (Å²) in [6.07, 6.45) is 2.21. The molecule has 3 rings (SSSR count). The molecule has 9 heteroatoms. The Kier molecular flexibility index (Phi) is 11.4. The number of carboxylic acids is 1. The van der Waals surface area contributed by atoms with Crippen LogP contribution in [0.5, 0.6) is 0 Å². The van der Waals surface area contributed by atoms with Crippen molar-refractivity contribution in [2.45, 2.75) is 32.7 Å². The van der Waals surface area contributed by atoms with Crippen LogP contribution in [0.2, 0.25) is 0 Å². The Morgan fingerprint density at radius 1 is 1.00 bits per heavy atom. The van der Waals surface area contributed by atoms with Crippen LogP contribution in [0.25, 0.3) is 0 Å². The molecule has 0 saturated heterocycles. The fourth-order valence-electron chi connectivity index (χ4n) is 2.05. The summed E-state index contributed by atoms with van der Waals surface area (Å²) >= 11 is 5.30. The zero-order chi connectivity index (χ0) is 21.3. The number of carboxylic acid groups (broad SMARTS) is 1. The molecule has 2 aromatic rings. The molecule has 1 saturated carbocycles. The molecule has 0 radical (unpaired) electrons. The Morgan fingerprint density at radius 2 is 1.43 bits per heavy atom. The van der Waals surface area contributed by atoms with Crippen LogP contribution in [0.4, 0.5) is 11.4 Å². The van der Waals surface area contributed by atoms with Crippen LogP contribution in [0.3, 0.4) is 0 Å². The number of rotatable bonds is 3. The first-order valence-corrected chi connectivity index (χ1v) is 20.9. The average molecular weight is 722 g/mol. The van der Waals surface area contributed by atoms with Crippen LogP contribution in [0.1, 0.15) is 44.7 Å². The number of anilines is 2. The van der Waals surface area contributed by atoms with Gasteiger partial charge in [0, 0.05) is 23.0 Å². The number of amides is 1. The number of nitrogens with one attached hydrogen (secondary N) is 1. The van der Waals surface area contributed by atoms with Crippen molar-refractivity contribution in [3.05, 3.63) is 58.7 Å². The van der Waals surface area contributed by atoms with Gasteiger partial charge in [0.05, 0.1) is 5.56 Å². The number of benzene rings is 2. The van der Waals surface area contributed by atoms with Crippen LogP contribution in [-0.4, -0.2) is 23.0 Å². The minimum atomic E-state index is -0.947. The zero-order valence-corrected chi connectivity index (χ0v) is 22.0. The molecule has 0 spiro atoms. The average Bonchev–Trinajstić information content (AvgIpc) is 3.45. The van der Waals surface area contributed by atoms with Crippen molar-refractivity contribution in [1.82, 2.24) is 5.32 Å². The molecule has 0 bridgehead atoms. The van der Waals surface area contributed by atoms with Crippen LogP contribution in [0, 0.1) is 13.8 Å². The van der Waals surface area contributed by atoms with Gasteiger partial charge in [0.1, 0.15) is 0 Å². The Hall–Kier alpha value is -0.830. The van der Waals surface area contributed by atoms with Gasteiger partial charge in [-0.2, -0.15) is 0 Å².